The number of carbonyl (C=O) groups excluding carboxylic acids is 3. The first-order chi connectivity index (χ1) is 16.1. The molecule has 0 aliphatic carbocycles. The van der Waals surface area contributed by atoms with E-state index >= 15 is 0 Å². The van der Waals surface area contributed by atoms with E-state index in [4.69, 9.17) is 22.4 Å². The Labute approximate surface area is 197 Å². The van der Waals surface area contributed by atoms with E-state index in [1.54, 1.807) is 24.3 Å². The molecule has 2 heterocycles. The number of rotatable bonds is 4. The lowest BCUT2D eigenvalue weighted by molar-refractivity contribution is -0.119. The summed E-state index contributed by atoms with van der Waals surface area (Å²) < 4.78 is 15.4. The second kappa shape index (κ2) is 9.02. The van der Waals surface area contributed by atoms with Gasteiger partial charge in [0, 0.05) is 28.7 Å². The van der Waals surface area contributed by atoms with Crippen molar-refractivity contribution in [3.8, 4) is 0 Å². The zero-order valence-corrected chi connectivity index (χ0v) is 18.3. The van der Waals surface area contributed by atoms with E-state index in [1.165, 1.54) is 24.4 Å². The third-order valence-corrected chi connectivity index (χ3v) is 5.64. The Morgan fingerprint density at radius 2 is 1.85 bits per heavy atom. The van der Waals surface area contributed by atoms with E-state index < -0.39 is 36.2 Å². The Morgan fingerprint density at radius 1 is 1.12 bits per heavy atom. The third-order valence-electron chi connectivity index (χ3n) is 5.42. The summed E-state index contributed by atoms with van der Waals surface area (Å²) in [7, 11) is 0. The van der Waals surface area contributed by atoms with Gasteiger partial charge in [0.15, 0.2) is 0 Å². The van der Waals surface area contributed by atoms with Gasteiger partial charge in [-0.1, -0.05) is 29.8 Å². The van der Waals surface area contributed by atoms with Crippen molar-refractivity contribution in [2.75, 3.05) is 17.2 Å². The number of urea groups is 1. The van der Waals surface area contributed by atoms with Crippen LogP contribution in [0.3, 0.4) is 0 Å². The molecule has 4 rings (SSSR count). The number of nitrogens with zero attached hydrogens (tertiary/aromatic N) is 2. The molecule has 2 atom stereocenters. The van der Waals surface area contributed by atoms with Crippen molar-refractivity contribution < 1.29 is 28.7 Å². The second-order valence-corrected chi connectivity index (χ2v) is 8.16. The molecule has 1 saturated heterocycles. The molecule has 3 aromatic rings. The molecule has 2 aromatic carbocycles. The summed E-state index contributed by atoms with van der Waals surface area (Å²) in [6.07, 6.45) is -0.334. The number of benzene rings is 2. The van der Waals surface area contributed by atoms with Crippen molar-refractivity contribution in [2.45, 2.75) is 18.6 Å². The Morgan fingerprint density at radius 3 is 2.56 bits per heavy atom. The molecule has 12 heteroatoms. The van der Waals surface area contributed by atoms with Gasteiger partial charge in [0.2, 0.25) is 5.91 Å². The van der Waals surface area contributed by atoms with Gasteiger partial charge in [0.25, 0.3) is 0 Å². The van der Waals surface area contributed by atoms with Crippen LogP contribution < -0.4 is 16.4 Å². The predicted octanol–water partition coefficient (Wildman–Crippen LogP) is 3.50. The van der Waals surface area contributed by atoms with E-state index in [0.717, 1.165) is 9.47 Å². The number of hydrogen-bond acceptors (Lipinski definition) is 4. The molecular formula is C22H19ClFN5O5. The number of nitrogens with one attached hydrogen (secondary N) is 2. The van der Waals surface area contributed by atoms with Crippen LogP contribution in [0.25, 0.3) is 10.9 Å². The largest absolute Gasteiger partial charge is 0.478 e. The molecule has 1 aliphatic rings. The molecule has 4 amide bonds. The van der Waals surface area contributed by atoms with Gasteiger partial charge in [0.1, 0.15) is 12.2 Å². The molecule has 0 spiro atoms. The maximum atomic E-state index is 14.3. The highest BCUT2D eigenvalue weighted by molar-refractivity contribution is 6.31. The van der Waals surface area contributed by atoms with Gasteiger partial charge in [-0.25, -0.2) is 18.8 Å². The number of hydrogen-bond donors (Lipinski definition) is 4. The van der Waals surface area contributed by atoms with E-state index in [9.17, 15) is 23.6 Å². The SMILES string of the molecule is NC(=O)n1cc(NC(=O)N2C[C@H](F)C[C@H]2C(=O)Nc2cc(Cl)cc(C(=O)O)c2)c2ccccc21. The van der Waals surface area contributed by atoms with Crippen LogP contribution in [-0.4, -0.2) is 57.3 Å². The minimum absolute atomic E-state index is 0.0884. The Bertz CT molecular complexity index is 1330. The van der Waals surface area contributed by atoms with Crippen LogP contribution in [0.2, 0.25) is 5.02 Å². The molecule has 0 unspecified atom stereocenters. The standard InChI is InChI=1S/C22H19ClFN5O5/c23-12-5-11(20(31)32)6-14(7-12)26-19(30)18-8-13(24)9-29(18)22(34)27-16-10-28(21(25)33)17-4-2-1-3-15(16)17/h1-7,10,13,18H,8-9H2,(H2,25,33)(H,26,30)(H,27,34)(H,31,32)/t13-,18+/m1/s1. The minimum Gasteiger partial charge on any atom is -0.478 e. The fraction of sp³-hybridized carbons (Fsp3) is 0.182. The Kier molecular flexibility index (Phi) is 6.12. The summed E-state index contributed by atoms with van der Waals surface area (Å²) >= 11 is 5.92. The fourth-order valence-electron chi connectivity index (χ4n) is 3.92. The summed E-state index contributed by atoms with van der Waals surface area (Å²) in [6.45, 7) is -0.325. The summed E-state index contributed by atoms with van der Waals surface area (Å²) in [5, 5.41) is 14.9. The smallest absolute Gasteiger partial charge is 0.335 e. The summed E-state index contributed by atoms with van der Waals surface area (Å²) in [6, 6.07) is 7.85. The number of alkyl halides is 1. The van der Waals surface area contributed by atoms with Gasteiger partial charge in [-0.15, -0.1) is 0 Å². The average molecular weight is 488 g/mol. The number of carboxylic acid groups (broad SMARTS) is 1. The number of halogens is 2. The number of nitrogens with two attached hydrogens (primary N) is 1. The van der Waals surface area contributed by atoms with Gasteiger partial charge in [-0.05, 0) is 24.3 Å². The van der Waals surface area contributed by atoms with Gasteiger partial charge < -0.3 is 26.4 Å². The predicted molar refractivity (Wildman–Crippen MR) is 123 cm³/mol. The highest BCUT2D eigenvalue weighted by Gasteiger charge is 2.40. The van der Waals surface area contributed by atoms with Gasteiger partial charge in [-0.3, -0.25) is 9.36 Å². The number of amides is 4. The van der Waals surface area contributed by atoms with Crippen molar-refractivity contribution in [1.82, 2.24) is 9.47 Å². The van der Waals surface area contributed by atoms with Crippen molar-refractivity contribution in [2.24, 2.45) is 5.73 Å². The Balaban J connectivity index is 1.56. The van der Waals surface area contributed by atoms with E-state index in [1.807, 2.05) is 0 Å². The second-order valence-electron chi connectivity index (χ2n) is 7.72. The lowest BCUT2D eigenvalue weighted by atomic mass is 10.1. The number of aromatic nitrogens is 1. The van der Waals surface area contributed by atoms with E-state index in [-0.39, 0.29) is 34.9 Å². The number of carboxylic acids is 1. The fourth-order valence-corrected chi connectivity index (χ4v) is 4.15. The molecule has 0 radical (unpaired) electrons. The van der Waals surface area contributed by atoms with Crippen LogP contribution in [0.15, 0.2) is 48.7 Å². The van der Waals surface area contributed by atoms with Gasteiger partial charge in [-0.2, -0.15) is 0 Å². The van der Waals surface area contributed by atoms with Crippen LogP contribution in [0.5, 0.6) is 0 Å². The third kappa shape index (κ3) is 4.50. The monoisotopic (exact) mass is 487 g/mol. The van der Waals surface area contributed by atoms with E-state index in [2.05, 4.69) is 10.6 Å². The van der Waals surface area contributed by atoms with Crippen LogP contribution in [-0.2, 0) is 4.79 Å². The summed E-state index contributed by atoms with van der Waals surface area (Å²) in [5.74, 6) is -1.94. The number of carbonyl (C=O) groups is 4. The molecule has 1 fully saturated rings. The van der Waals surface area contributed by atoms with Crippen LogP contribution >= 0.6 is 11.6 Å². The Hall–Kier alpha value is -4.12. The molecule has 176 valence electrons. The molecule has 0 saturated carbocycles. The maximum Gasteiger partial charge on any atom is 0.335 e. The molecular weight excluding hydrogens is 469 g/mol. The molecule has 10 nitrogen and oxygen atoms in total. The summed E-state index contributed by atoms with van der Waals surface area (Å²) in [5.41, 5.74) is 6.09. The number of para-hydroxylation sites is 1. The van der Waals surface area contributed by atoms with Crippen LogP contribution in [0, 0.1) is 0 Å². The van der Waals surface area contributed by atoms with Crippen LogP contribution in [0.1, 0.15) is 16.8 Å². The molecule has 1 aliphatic heterocycles. The minimum atomic E-state index is -1.44. The van der Waals surface area contributed by atoms with Crippen molar-refractivity contribution >= 4 is 57.8 Å². The zero-order chi connectivity index (χ0) is 24.6. The highest BCUT2D eigenvalue weighted by atomic mass is 35.5. The van der Waals surface area contributed by atoms with E-state index in [0.29, 0.717) is 10.9 Å². The normalized spacial score (nSPS) is 17.5. The summed E-state index contributed by atoms with van der Waals surface area (Å²) in [4.78, 5) is 49.9. The first-order valence-electron chi connectivity index (χ1n) is 10.1. The first kappa shape index (κ1) is 23.1. The molecule has 5 N–H and O–H groups in total. The lowest BCUT2D eigenvalue weighted by Crippen LogP contribution is -2.45. The van der Waals surface area contributed by atoms with Crippen molar-refractivity contribution in [3.05, 3.63) is 59.2 Å². The quantitative estimate of drug-likeness (QED) is 0.444. The van der Waals surface area contributed by atoms with Crippen molar-refractivity contribution in [3.63, 3.8) is 0 Å². The molecule has 1 aromatic heterocycles. The number of likely N-dealkylation sites (tertiary alicyclic amines) is 1. The van der Waals surface area contributed by atoms with Gasteiger partial charge >= 0.3 is 18.0 Å². The lowest BCUT2D eigenvalue weighted by Gasteiger charge is -2.24. The topological polar surface area (TPSA) is 147 Å². The highest BCUT2D eigenvalue weighted by Crippen LogP contribution is 2.28. The average Bonchev–Trinajstić information content (AvgIpc) is 3.34. The molecule has 0 bridgehead atoms. The number of fused-ring (bicyclic) bond motifs is 1. The zero-order valence-electron chi connectivity index (χ0n) is 17.5. The van der Waals surface area contributed by atoms with Crippen molar-refractivity contribution in [1.29, 1.82) is 0 Å². The number of anilines is 2. The van der Waals surface area contributed by atoms with Gasteiger partial charge in [0.05, 0.1) is 23.3 Å². The first-order valence-corrected chi connectivity index (χ1v) is 10.5. The number of primary amides is 1. The number of aromatic carboxylic acids is 1. The molecule has 34 heavy (non-hydrogen) atoms. The maximum absolute atomic E-state index is 14.3. The van der Waals surface area contributed by atoms with Crippen LogP contribution in [0.4, 0.5) is 25.4 Å².